The molecule has 0 bridgehead atoms. The average molecular weight is 467 g/mol. The number of nitrogens with zero attached hydrogens (tertiary/aromatic N) is 3. The Labute approximate surface area is 184 Å². The second-order valence-electron chi connectivity index (χ2n) is 6.88. The third kappa shape index (κ3) is 6.50. The molecule has 0 atom stereocenters. The summed E-state index contributed by atoms with van der Waals surface area (Å²) in [6.07, 6.45) is 1.62. The summed E-state index contributed by atoms with van der Waals surface area (Å²) in [4.78, 5) is 32.9. The number of para-hydroxylation sites is 1. The molecule has 3 aromatic rings. The van der Waals surface area contributed by atoms with Crippen molar-refractivity contribution in [1.29, 1.82) is 0 Å². The molecule has 0 unspecified atom stereocenters. The summed E-state index contributed by atoms with van der Waals surface area (Å²) in [5.41, 5.74) is 1.86. The molecule has 0 aliphatic carbocycles. The summed E-state index contributed by atoms with van der Waals surface area (Å²) in [5.74, 6) is 0.162. The Hall–Kier alpha value is -3.03. The van der Waals surface area contributed by atoms with Crippen molar-refractivity contribution in [1.82, 2.24) is 9.88 Å². The van der Waals surface area contributed by atoms with Crippen molar-refractivity contribution in [2.45, 2.75) is 6.54 Å². The van der Waals surface area contributed by atoms with E-state index < -0.39 is 0 Å². The van der Waals surface area contributed by atoms with Crippen molar-refractivity contribution in [2.75, 3.05) is 30.4 Å². The van der Waals surface area contributed by atoms with Crippen LogP contribution in [0.4, 0.5) is 11.5 Å². The van der Waals surface area contributed by atoms with Crippen LogP contribution in [0, 0.1) is 0 Å². The van der Waals surface area contributed by atoms with Crippen LogP contribution in [0.3, 0.4) is 0 Å². The summed E-state index contributed by atoms with van der Waals surface area (Å²) in [5, 5.41) is 2.74. The molecule has 1 aromatic heterocycles. The number of hydrogen-bond acceptors (Lipinski definition) is 4. The first-order chi connectivity index (χ1) is 14.5. The quantitative estimate of drug-likeness (QED) is 0.545. The number of halogens is 1. The standard InChI is InChI=1S/C23H23BrN4O2/c1-27(16-22(29)26-21-13-12-19(24)14-25-21)17-23(30)28(20-10-6-3-7-11-20)15-18-8-4-2-5-9-18/h2-14H,15-17H2,1H3,(H,25,26,29). The van der Waals surface area contributed by atoms with E-state index in [4.69, 9.17) is 0 Å². The molecule has 0 spiro atoms. The van der Waals surface area contributed by atoms with E-state index in [2.05, 4.69) is 26.2 Å². The molecular weight excluding hydrogens is 444 g/mol. The van der Waals surface area contributed by atoms with Crippen LogP contribution < -0.4 is 10.2 Å². The Morgan fingerprint density at radius 3 is 2.23 bits per heavy atom. The van der Waals surface area contributed by atoms with Gasteiger partial charge in [-0.25, -0.2) is 4.98 Å². The molecule has 0 fully saturated rings. The Morgan fingerprint density at radius 1 is 0.933 bits per heavy atom. The van der Waals surface area contributed by atoms with E-state index in [1.807, 2.05) is 60.7 Å². The van der Waals surface area contributed by atoms with E-state index in [0.717, 1.165) is 15.7 Å². The van der Waals surface area contributed by atoms with Gasteiger partial charge in [0.15, 0.2) is 0 Å². The second kappa shape index (κ2) is 10.7. The molecule has 0 saturated carbocycles. The lowest BCUT2D eigenvalue weighted by atomic mass is 10.2. The molecule has 154 valence electrons. The van der Waals surface area contributed by atoms with Gasteiger partial charge in [0.25, 0.3) is 0 Å². The number of nitrogens with one attached hydrogen (secondary N) is 1. The van der Waals surface area contributed by atoms with Gasteiger partial charge in [0.1, 0.15) is 5.82 Å². The van der Waals surface area contributed by atoms with Gasteiger partial charge in [0, 0.05) is 16.4 Å². The fourth-order valence-corrected chi connectivity index (χ4v) is 3.18. The Balaban J connectivity index is 1.62. The lowest BCUT2D eigenvalue weighted by molar-refractivity contribution is -0.121. The van der Waals surface area contributed by atoms with Crippen molar-refractivity contribution in [3.8, 4) is 0 Å². The largest absolute Gasteiger partial charge is 0.310 e. The van der Waals surface area contributed by atoms with Gasteiger partial charge in [-0.05, 0) is 52.8 Å². The SMILES string of the molecule is CN(CC(=O)Nc1ccc(Br)cn1)CC(=O)N(Cc1ccccc1)c1ccccc1. The first kappa shape index (κ1) is 21.7. The highest BCUT2D eigenvalue weighted by Crippen LogP contribution is 2.17. The van der Waals surface area contributed by atoms with Crippen LogP contribution in [0.1, 0.15) is 5.56 Å². The minimum absolute atomic E-state index is 0.0808. The third-order valence-corrected chi connectivity index (χ3v) is 4.84. The van der Waals surface area contributed by atoms with E-state index >= 15 is 0 Å². The van der Waals surface area contributed by atoms with Crippen LogP contribution in [0.25, 0.3) is 0 Å². The fraction of sp³-hybridized carbons (Fsp3) is 0.174. The number of amides is 2. The molecule has 1 N–H and O–H groups in total. The predicted molar refractivity (Wildman–Crippen MR) is 122 cm³/mol. The number of carbonyl (C=O) groups excluding carboxylic acids is 2. The fourth-order valence-electron chi connectivity index (χ4n) is 2.95. The number of likely N-dealkylation sites (N-methyl/N-ethyl adjacent to an activating group) is 1. The van der Waals surface area contributed by atoms with E-state index in [1.54, 1.807) is 35.2 Å². The van der Waals surface area contributed by atoms with Gasteiger partial charge in [-0.15, -0.1) is 0 Å². The highest BCUT2D eigenvalue weighted by Gasteiger charge is 2.19. The molecule has 0 aliphatic rings. The summed E-state index contributed by atoms with van der Waals surface area (Å²) in [6, 6.07) is 22.9. The van der Waals surface area contributed by atoms with Gasteiger partial charge in [0.2, 0.25) is 11.8 Å². The number of hydrogen-bond donors (Lipinski definition) is 1. The van der Waals surface area contributed by atoms with Crippen molar-refractivity contribution in [2.24, 2.45) is 0 Å². The molecule has 7 heteroatoms. The molecular formula is C23H23BrN4O2. The summed E-state index contributed by atoms with van der Waals surface area (Å²) in [7, 11) is 1.75. The molecule has 30 heavy (non-hydrogen) atoms. The van der Waals surface area contributed by atoms with Crippen LogP contribution in [-0.2, 0) is 16.1 Å². The molecule has 6 nitrogen and oxygen atoms in total. The zero-order valence-corrected chi connectivity index (χ0v) is 18.2. The molecule has 0 radical (unpaired) electrons. The van der Waals surface area contributed by atoms with Crippen molar-refractivity contribution >= 4 is 39.2 Å². The molecule has 0 aliphatic heterocycles. The van der Waals surface area contributed by atoms with Gasteiger partial charge >= 0.3 is 0 Å². The molecule has 2 amide bonds. The Bertz CT molecular complexity index is 966. The first-order valence-electron chi connectivity index (χ1n) is 9.50. The maximum Gasteiger partial charge on any atom is 0.241 e. The first-order valence-corrected chi connectivity index (χ1v) is 10.3. The molecule has 1 heterocycles. The van der Waals surface area contributed by atoms with Crippen LogP contribution in [0.2, 0.25) is 0 Å². The van der Waals surface area contributed by atoms with Gasteiger partial charge in [0.05, 0.1) is 19.6 Å². The van der Waals surface area contributed by atoms with Crippen LogP contribution in [0.5, 0.6) is 0 Å². The maximum absolute atomic E-state index is 13.1. The summed E-state index contributed by atoms with van der Waals surface area (Å²) < 4.78 is 0.836. The highest BCUT2D eigenvalue weighted by molar-refractivity contribution is 9.10. The van der Waals surface area contributed by atoms with E-state index in [-0.39, 0.29) is 24.9 Å². The highest BCUT2D eigenvalue weighted by atomic mass is 79.9. The predicted octanol–water partition coefficient (Wildman–Crippen LogP) is 3.95. The normalized spacial score (nSPS) is 10.6. The maximum atomic E-state index is 13.1. The minimum atomic E-state index is -0.227. The van der Waals surface area contributed by atoms with Crippen molar-refractivity contribution in [3.05, 3.63) is 89.0 Å². The number of pyridine rings is 1. The van der Waals surface area contributed by atoms with E-state index in [9.17, 15) is 9.59 Å². The van der Waals surface area contributed by atoms with Gasteiger partial charge in [-0.3, -0.25) is 14.5 Å². The van der Waals surface area contributed by atoms with Crippen molar-refractivity contribution in [3.63, 3.8) is 0 Å². The summed E-state index contributed by atoms with van der Waals surface area (Å²) >= 11 is 3.31. The Kier molecular flexibility index (Phi) is 7.70. The van der Waals surface area contributed by atoms with Crippen LogP contribution >= 0.6 is 15.9 Å². The monoisotopic (exact) mass is 466 g/mol. The van der Waals surface area contributed by atoms with E-state index in [1.165, 1.54) is 0 Å². The number of benzene rings is 2. The topological polar surface area (TPSA) is 65.5 Å². The van der Waals surface area contributed by atoms with Gasteiger partial charge < -0.3 is 10.2 Å². The minimum Gasteiger partial charge on any atom is -0.310 e. The lowest BCUT2D eigenvalue weighted by Crippen LogP contribution is -2.41. The molecule has 0 saturated heterocycles. The van der Waals surface area contributed by atoms with Crippen molar-refractivity contribution < 1.29 is 9.59 Å². The third-order valence-electron chi connectivity index (χ3n) is 4.37. The smallest absolute Gasteiger partial charge is 0.241 e. The number of aromatic nitrogens is 1. The number of anilines is 2. The number of rotatable bonds is 8. The van der Waals surface area contributed by atoms with Gasteiger partial charge in [-0.1, -0.05) is 48.5 Å². The molecule has 3 rings (SSSR count). The van der Waals surface area contributed by atoms with Crippen LogP contribution in [-0.4, -0.2) is 41.8 Å². The average Bonchev–Trinajstić information content (AvgIpc) is 2.74. The van der Waals surface area contributed by atoms with Gasteiger partial charge in [-0.2, -0.15) is 0 Å². The zero-order valence-electron chi connectivity index (χ0n) is 16.7. The lowest BCUT2D eigenvalue weighted by Gasteiger charge is -2.25. The van der Waals surface area contributed by atoms with Crippen LogP contribution in [0.15, 0.2) is 83.5 Å². The Morgan fingerprint density at radius 2 is 1.60 bits per heavy atom. The van der Waals surface area contributed by atoms with E-state index in [0.29, 0.717) is 12.4 Å². The summed E-state index contributed by atoms with van der Waals surface area (Å²) in [6.45, 7) is 0.660. The zero-order chi connectivity index (χ0) is 21.3. The molecule has 2 aromatic carbocycles. The number of carbonyl (C=O) groups is 2. The second-order valence-corrected chi connectivity index (χ2v) is 7.80.